The fourth-order valence-corrected chi connectivity index (χ4v) is 0.722. The lowest BCUT2D eigenvalue weighted by Gasteiger charge is -2.15. The largest absolute Gasteiger partial charge is 0.329 e. The maximum Gasteiger partial charge on any atom is 0.0104 e. The number of hydrogen-bond donors (Lipinski definition) is 1. The summed E-state index contributed by atoms with van der Waals surface area (Å²) in [6, 6.07) is 0. The number of hydrogen-bond acceptors (Lipinski definition) is 2. The zero-order valence-corrected chi connectivity index (χ0v) is 7.85. The van der Waals surface area contributed by atoms with E-state index in [-0.39, 0.29) is 0 Å². The summed E-state index contributed by atoms with van der Waals surface area (Å²) in [6.45, 7) is 12.4. The smallest absolute Gasteiger partial charge is 0.0104 e. The molecule has 0 radical (unpaired) electrons. The van der Waals surface area contributed by atoms with E-state index in [9.17, 15) is 0 Å². The Hall–Kier alpha value is -0.0800. The number of rotatable bonds is 4. The van der Waals surface area contributed by atoms with Crippen LogP contribution in [0.15, 0.2) is 0 Å². The lowest BCUT2D eigenvalue weighted by atomic mass is 10.5. The van der Waals surface area contributed by atoms with E-state index >= 15 is 0 Å². The van der Waals surface area contributed by atoms with Gasteiger partial charge in [0, 0.05) is 13.1 Å². The number of nitrogens with two attached hydrogens (primary N) is 1. The highest BCUT2D eigenvalue weighted by atomic mass is 15.1. The van der Waals surface area contributed by atoms with Crippen LogP contribution in [0, 0.1) is 0 Å². The third-order valence-electron chi connectivity index (χ3n) is 1.34. The maximum atomic E-state index is 5.34. The Balaban J connectivity index is 0. The highest BCUT2D eigenvalue weighted by Crippen LogP contribution is 1.81. The molecule has 0 amide bonds. The van der Waals surface area contributed by atoms with Gasteiger partial charge in [0.2, 0.25) is 0 Å². The molecule has 0 rings (SSSR count). The van der Waals surface area contributed by atoms with Crippen molar-refractivity contribution in [1.82, 2.24) is 4.90 Å². The molecule has 0 aliphatic heterocycles. The monoisotopic (exact) mass is 146 g/mol. The molecule has 0 bridgehead atoms. The highest BCUT2D eigenvalue weighted by Gasteiger charge is 1.92. The second kappa shape index (κ2) is 11.7. The third kappa shape index (κ3) is 7.92. The molecule has 2 heteroatoms. The van der Waals surface area contributed by atoms with E-state index in [2.05, 4.69) is 18.7 Å². The molecule has 0 fully saturated rings. The summed E-state index contributed by atoms with van der Waals surface area (Å²) < 4.78 is 0. The summed E-state index contributed by atoms with van der Waals surface area (Å²) in [5, 5.41) is 0. The molecule has 0 aromatic heterocycles. The second-order valence-electron chi connectivity index (χ2n) is 1.82. The molecular formula is C8H22N2. The van der Waals surface area contributed by atoms with Crippen molar-refractivity contribution in [3.63, 3.8) is 0 Å². The number of nitrogens with zero attached hydrogens (tertiary/aromatic N) is 1. The van der Waals surface area contributed by atoms with Crippen molar-refractivity contribution in [1.29, 1.82) is 0 Å². The average molecular weight is 146 g/mol. The molecule has 0 aliphatic carbocycles. The molecule has 0 heterocycles. The molecule has 10 heavy (non-hydrogen) atoms. The first kappa shape index (κ1) is 12.6. The fourth-order valence-electron chi connectivity index (χ4n) is 0.722. The van der Waals surface area contributed by atoms with Crippen LogP contribution >= 0.6 is 0 Å². The van der Waals surface area contributed by atoms with Gasteiger partial charge in [0.05, 0.1) is 0 Å². The maximum absolute atomic E-state index is 5.34. The summed E-state index contributed by atoms with van der Waals surface area (Å²) in [4.78, 5) is 2.31. The summed E-state index contributed by atoms with van der Waals surface area (Å²) in [7, 11) is 0. The van der Waals surface area contributed by atoms with Crippen molar-refractivity contribution in [2.45, 2.75) is 27.7 Å². The van der Waals surface area contributed by atoms with Gasteiger partial charge in [0.15, 0.2) is 0 Å². The van der Waals surface area contributed by atoms with Crippen LogP contribution in [0.4, 0.5) is 0 Å². The van der Waals surface area contributed by atoms with Crippen LogP contribution in [0.25, 0.3) is 0 Å². The standard InChI is InChI=1S/C6H16N2.C2H6/c1-3-8(4-2)6-5-7;1-2/h3-7H2,1-2H3;1-2H3. The van der Waals surface area contributed by atoms with Crippen LogP contribution in [0.3, 0.4) is 0 Å². The predicted octanol–water partition coefficient (Wildman–Crippen LogP) is 1.31. The molecule has 0 spiro atoms. The molecule has 0 atom stereocenters. The molecule has 64 valence electrons. The lowest BCUT2D eigenvalue weighted by Crippen LogP contribution is -2.28. The van der Waals surface area contributed by atoms with Gasteiger partial charge in [0.25, 0.3) is 0 Å². The van der Waals surface area contributed by atoms with E-state index < -0.39 is 0 Å². The summed E-state index contributed by atoms with van der Waals surface area (Å²) in [5.74, 6) is 0. The summed E-state index contributed by atoms with van der Waals surface area (Å²) >= 11 is 0. The summed E-state index contributed by atoms with van der Waals surface area (Å²) in [5.41, 5.74) is 5.34. The van der Waals surface area contributed by atoms with Gasteiger partial charge in [-0.25, -0.2) is 0 Å². The molecule has 0 unspecified atom stereocenters. The van der Waals surface area contributed by atoms with Crippen molar-refractivity contribution in [2.75, 3.05) is 26.2 Å². The SMILES string of the molecule is CC.CCN(CC)CCN. The van der Waals surface area contributed by atoms with Crippen molar-refractivity contribution < 1.29 is 0 Å². The van der Waals surface area contributed by atoms with Gasteiger partial charge < -0.3 is 10.6 Å². The Bertz CT molecular complexity index is 42.5. The average Bonchev–Trinajstić information content (AvgIpc) is 2.04. The van der Waals surface area contributed by atoms with E-state index in [0.29, 0.717) is 0 Å². The Morgan fingerprint density at radius 3 is 1.60 bits per heavy atom. The predicted molar refractivity (Wildman–Crippen MR) is 48.2 cm³/mol. The minimum absolute atomic E-state index is 0.779. The quantitative estimate of drug-likeness (QED) is 0.648. The van der Waals surface area contributed by atoms with E-state index in [1.165, 1.54) is 0 Å². The van der Waals surface area contributed by atoms with E-state index in [1.54, 1.807) is 0 Å². The second-order valence-corrected chi connectivity index (χ2v) is 1.82. The Morgan fingerprint density at radius 1 is 1.10 bits per heavy atom. The van der Waals surface area contributed by atoms with Crippen LogP contribution in [0.5, 0.6) is 0 Å². The fraction of sp³-hybridized carbons (Fsp3) is 1.00. The van der Waals surface area contributed by atoms with Gasteiger partial charge in [-0.2, -0.15) is 0 Å². The molecule has 0 saturated carbocycles. The van der Waals surface area contributed by atoms with Crippen LogP contribution in [0.1, 0.15) is 27.7 Å². The van der Waals surface area contributed by atoms with Crippen molar-refractivity contribution in [3.05, 3.63) is 0 Å². The van der Waals surface area contributed by atoms with Crippen LogP contribution < -0.4 is 5.73 Å². The Labute approximate surface area is 65.4 Å². The minimum atomic E-state index is 0.779. The first-order valence-electron chi connectivity index (χ1n) is 4.27. The minimum Gasteiger partial charge on any atom is -0.329 e. The Morgan fingerprint density at radius 2 is 1.50 bits per heavy atom. The summed E-state index contributed by atoms with van der Waals surface area (Å²) in [6.07, 6.45) is 0. The highest BCUT2D eigenvalue weighted by molar-refractivity contribution is 4.50. The van der Waals surface area contributed by atoms with Gasteiger partial charge in [-0.15, -0.1) is 0 Å². The first-order valence-corrected chi connectivity index (χ1v) is 4.27. The van der Waals surface area contributed by atoms with Gasteiger partial charge in [-0.1, -0.05) is 27.7 Å². The van der Waals surface area contributed by atoms with Gasteiger partial charge in [0.1, 0.15) is 0 Å². The van der Waals surface area contributed by atoms with Crippen molar-refractivity contribution in [3.8, 4) is 0 Å². The van der Waals surface area contributed by atoms with Crippen LogP contribution in [0.2, 0.25) is 0 Å². The first-order chi connectivity index (χ1) is 4.85. The normalized spacial score (nSPS) is 9.00. The molecule has 0 aromatic rings. The van der Waals surface area contributed by atoms with Crippen LogP contribution in [-0.2, 0) is 0 Å². The van der Waals surface area contributed by atoms with Gasteiger partial charge >= 0.3 is 0 Å². The third-order valence-corrected chi connectivity index (χ3v) is 1.34. The van der Waals surface area contributed by atoms with Crippen molar-refractivity contribution >= 4 is 0 Å². The Kier molecular flexibility index (Phi) is 14.7. The van der Waals surface area contributed by atoms with E-state index in [0.717, 1.165) is 26.2 Å². The molecule has 2 nitrogen and oxygen atoms in total. The van der Waals surface area contributed by atoms with Crippen molar-refractivity contribution in [2.24, 2.45) is 5.73 Å². The van der Waals surface area contributed by atoms with E-state index in [4.69, 9.17) is 5.73 Å². The zero-order chi connectivity index (χ0) is 8.41. The van der Waals surface area contributed by atoms with Gasteiger partial charge in [-0.05, 0) is 13.1 Å². The van der Waals surface area contributed by atoms with Crippen LogP contribution in [-0.4, -0.2) is 31.1 Å². The molecule has 0 saturated heterocycles. The molecular weight excluding hydrogens is 124 g/mol. The molecule has 0 aromatic carbocycles. The zero-order valence-electron chi connectivity index (χ0n) is 7.85. The lowest BCUT2D eigenvalue weighted by molar-refractivity contribution is 0.312. The topological polar surface area (TPSA) is 29.3 Å². The molecule has 2 N–H and O–H groups in total. The van der Waals surface area contributed by atoms with Gasteiger partial charge in [-0.3, -0.25) is 0 Å². The molecule has 0 aliphatic rings. The van der Waals surface area contributed by atoms with E-state index in [1.807, 2.05) is 13.8 Å². The number of likely N-dealkylation sites (N-methyl/N-ethyl adjacent to an activating group) is 1.